The van der Waals surface area contributed by atoms with Crippen molar-refractivity contribution in [1.29, 1.82) is 0 Å². The van der Waals surface area contributed by atoms with Crippen molar-refractivity contribution < 1.29 is 14.3 Å². The van der Waals surface area contributed by atoms with Crippen LogP contribution in [-0.4, -0.2) is 48.1 Å². The fourth-order valence-corrected chi connectivity index (χ4v) is 2.95. The molecule has 7 nitrogen and oxygen atoms in total. The number of aryl methyl sites for hydroxylation is 1. The lowest BCUT2D eigenvalue weighted by Crippen LogP contribution is -2.30. The highest BCUT2D eigenvalue weighted by molar-refractivity contribution is 5.77. The van der Waals surface area contributed by atoms with Crippen molar-refractivity contribution in [2.45, 2.75) is 19.3 Å². The highest BCUT2D eigenvalue weighted by Crippen LogP contribution is 2.16. The van der Waals surface area contributed by atoms with Crippen molar-refractivity contribution in [3.05, 3.63) is 64.7 Å². The third-order valence-electron chi connectivity index (χ3n) is 4.65. The molecule has 0 spiro atoms. The smallest absolute Gasteiger partial charge is 0.258 e. The van der Waals surface area contributed by atoms with E-state index in [2.05, 4.69) is 9.97 Å². The molecule has 1 aromatic heterocycles. The predicted molar refractivity (Wildman–Crippen MR) is 111 cm³/mol. The number of hydrogen-bond acceptors (Lipinski definition) is 5. The first kappa shape index (κ1) is 20.4. The number of para-hydroxylation sites is 1. The van der Waals surface area contributed by atoms with Gasteiger partial charge < -0.3 is 19.4 Å². The van der Waals surface area contributed by atoms with E-state index in [1.165, 1.54) is 0 Å². The minimum Gasteiger partial charge on any atom is -0.497 e. The maximum absolute atomic E-state index is 12.3. The van der Waals surface area contributed by atoms with E-state index in [-0.39, 0.29) is 11.5 Å². The van der Waals surface area contributed by atoms with Crippen LogP contribution in [0.5, 0.6) is 11.5 Å². The molecule has 0 saturated carbocycles. The van der Waals surface area contributed by atoms with Crippen LogP contribution >= 0.6 is 0 Å². The Labute approximate surface area is 169 Å². The predicted octanol–water partition coefficient (Wildman–Crippen LogP) is 2.79. The van der Waals surface area contributed by atoms with Gasteiger partial charge in [-0.25, -0.2) is 4.98 Å². The number of fused-ring (bicyclic) bond motifs is 1. The first-order valence-electron chi connectivity index (χ1n) is 9.55. The van der Waals surface area contributed by atoms with Crippen LogP contribution in [0.4, 0.5) is 0 Å². The summed E-state index contributed by atoms with van der Waals surface area (Å²) in [5.74, 6) is 2.14. The summed E-state index contributed by atoms with van der Waals surface area (Å²) in [4.78, 5) is 33.3. The molecule has 2 aromatic carbocycles. The van der Waals surface area contributed by atoms with Gasteiger partial charge in [0.25, 0.3) is 5.56 Å². The maximum Gasteiger partial charge on any atom is 0.258 e. The summed E-state index contributed by atoms with van der Waals surface area (Å²) in [5, 5.41) is 0.573. The molecule has 0 unspecified atom stereocenters. The lowest BCUT2D eigenvalue weighted by molar-refractivity contribution is -0.130. The first-order chi connectivity index (χ1) is 14.1. The van der Waals surface area contributed by atoms with Gasteiger partial charge >= 0.3 is 0 Å². The second kappa shape index (κ2) is 9.73. The summed E-state index contributed by atoms with van der Waals surface area (Å²) >= 11 is 0. The highest BCUT2D eigenvalue weighted by Gasteiger charge is 2.10. The second-order valence-corrected chi connectivity index (χ2v) is 6.72. The Balaban J connectivity index is 1.42. The molecule has 152 valence electrons. The first-order valence-corrected chi connectivity index (χ1v) is 9.55. The van der Waals surface area contributed by atoms with E-state index < -0.39 is 0 Å². The number of methoxy groups -OCH3 is 1. The Morgan fingerprint density at radius 1 is 1.10 bits per heavy atom. The van der Waals surface area contributed by atoms with Gasteiger partial charge in [0, 0.05) is 19.9 Å². The third kappa shape index (κ3) is 5.57. The monoisotopic (exact) mass is 395 g/mol. The molecule has 1 N–H and O–H groups in total. The Morgan fingerprint density at radius 2 is 1.83 bits per heavy atom. The van der Waals surface area contributed by atoms with Gasteiger partial charge in [-0.1, -0.05) is 12.1 Å². The van der Waals surface area contributed by atoms with E-state index in [1.54, 1.807) is 25.1 Å². The SMILES string of the molecule is COc1ccc(OCCN(C)C(=O)CCCc2nc3ccccc3c(=O)[nH]2)cc1. The molecule has 1 amide bonds. The van der Waals surface area contributed by atoms with Crippen LogP contribution < -0.4 is 15.0 Å². The summed E-state index contributed by atoms with van der Waals surface area (Å²) < 4.78 is 10.8. The third-order valence-corrected chi connectivity index (χ3v) is 4.65. The molecule has 0 aliphatic rings. The standard InChI is InChI=1S/C22H25N3O4/c1-25(14-15-29-17-12-10-16(28-2)11-13-17)21(26)9-5-8-20-23-19-7-4-3-6-18(19)22(27)24-20/h3-4,6-7,10-13H,5,8-9,14-15H2,1-2H3,(H,23,24,27). The molecule has 3 aromatic rings. The van der Waals surface area contributed by atoms with E-state index in [1.807, 2.05) is 42.5 Å². The number of benzene rings is 2. The fraction of sp³-hybridized carbons (Fsp3) is 0.318. The second-order valence-electron chi connectivity index (χ2n) is 6.72. The van der Waals surface area contributed by atoms with Crippen LogP contribution in [0.25, 0.3) is 10.9 Å². The molecular weight excluding hydrogens is 370 g/mol. The quantitative estimate of drug-likeness (QED) is 0.602. The summed E-state index contributed by atoms with van der Waals surface area (Å²) in [7, 11) is 3.37. The maximum atomic E-state index is 12.3. The number of likely N-dealkylation sites (N-methyl/N-ethyl adjacent to an activating group) is 1. The zero-order valence-electron chi connectivity index (χ0n) is 16.7. The van der Waals surface area contributed by atoms with E-state index in [9.17, 15) is 9.59 Å². The molecule has 0 aliphatic heterocycles. The summed E-state index contributed by atoms with van der Waals surface area (Å²) in [6.07, 6.45) is 1.54. The van der Waals surface area contributed by atoms with Crippen LogP contribution in [0.2, 0.25) is 0 Å². The number of ether oxygens (including phenoxy) is 2. The average molecular weight is 395 g/mol. The Hall–Kier alpha value is -3.35. The van der Waals surface area contributed by atoms with Gasteiger partial charge in [0.05, 0.1) is 24.6 Å². The molecule has 0 fully saturated rings. The Morgan fingerprint density at radius 3 is 2.59 bits per heavy atom. The van der Waals surface area contributed by atoms with Gasteiger partial charge in [-0.15, -0.1) is 0 Å². The van der Waals surface area contributed by atoms with Gasteiger partial charge in [-0.05, 0) is 42.8 Å². The fourth-order valence-electron chi connectivity index (χ4n) is 2.95. The van der Waals surface area contributed by atoms with Crippen LogP contribution in [0.1, 0.15) is 18.7 Å². The molecule has 0 aliphatic carbocycles. The van der Waals surface area contributed by atoms with Crippen LogP contribution in [0.3, 0.4) is 0 Å². The van der Waals surface area contributed by atoms with E-state index >= 15 is 0 Å². The molecule has 29 heavy (non-hydrogen) atoms. The van der Waals surface area contributed by atoms with Gasteiger partial charge in [0.2, 0.25) is 5.91 Å². The van der Waals surface area contributed by atoms with E-state index in [0.29, 0.717) is 49.1 Å². The van der Waals surface area contributed by atoms with Crippen molar-refractivity contribution >= 4 is 16.8 Å². The lowest BCUT2D eigenvalue weighted by Gasteiger charge is -2.17. The van der Waals surface area contributed by atoms with Gasteiger partial charge in [0.1, 0.15) is 23.9 Å². The van der Waals surface area contributed by atoms with Crippen LogP contribution in [0, 0.1) is 0 Å². The largest absolute Gasteiger partial charge is 0.497 e. The van der Waals surface area contributed by atoms with Crippen molar-refractivity contribution in [1.82, 2.24) is 14.9 Å². The molecule has 0 radical (unpaired) electrons. The van der Waals surface area contributed by atoms with Gasteiger partial charge in [-0.2, -0.15) is 0 Å². The number of nitrogens with one attached hydrogen (secondary N) is 1. The van der Waals surface area contributed by atoms with Crippen molar-refractivity contribution in [3.8, 4) is 11.5 Å². The van der Waals surface area contributed by atoms with E-state index in [0.717, 1.165) is 11.5 Å². The number of nitrogens with zero attached hydrogens (tertiary/aromatic N) is 2. The molecule has 7 heteroatoms. The summed E-state index contributed by atoms with van der Waals surface area (Å²) in [5.41, 5.74) is 0.523. The number of aromatic nitrogens is 2. The zero-order valence-corrected chi connectivity index (χ0v) is 16.7. The minimum atomic E-state index is -0.148. The lowest BCUT2D eigenvalue weighted by atomic mass is 10.2. The number of hydrogen-bond donors (Lipinski definition) is 1. The van der Waals surface area contributed by atoms with Crippen molar-refractivity contribution in [2.75, 3.05) is 27.3 Å². The Kier molecular flexibility index (Phi) is 6.84. The molecule has 3 rings (SSSR count). The number of H-pyrrole nitrogens is 1. The molecule has 0 atom stereocenters. The summed E-state index contributed by atoms with van der Waals surface area (Å²) in [6, 6.07) is 14.5. The number of carbonyl (C=O) groups excluding carboxylic acids is 1. The summed E-state index contributed by atoms with van der Waals surface area (Å²) in [6.45, 7) is 0.907. The minimum absolute atomic E-state index is 0.0338. The molecule has 1 heterocycles. The van der Waals surface area contributed by atoms with E-state index in [4.69, 9.17) is 9.47 Å². The molecule has 0 saturated heterocycles. The number of amides is 1. The molecule has 0 bridgehead atoms. The molecular formula is C22H25N3O4. The highest BCUT2D eigenvalue weighted by atomic mass is 16.5. The van der Waals surface area contributed by atoms with Crippen molar-refractivity contribution in [2.24, 2.45) is 0 Å². The number of carbonyl (C=O) groups is 1. The van der Waals surface area contributed by atoms with Crippen LogP contribution in [0.15, 0.2) is 53.3 Å². The van der Waals surface area contributed by atoms with Crippen molar-refractivity contribution in [3.63, 3.8) is 0 Å². The van der Waals surface area contributed by atoms with Crippen LogP contribution in [-0.2, 0) is 11.2 Å². The van der Waals surface area contributed by atoms with Gasteiger partial charge in [0.15, 0.2) is 0 Å². The topological polar surface area (TPSA) is 84.5 Å². The zero-order chi connectivity index (χ0) is 20.6. The Bertz CT molecular complexity index is 1010. The van der Waals surface area contributed by atoms with Gasteiger partial charge in [-0.3, -0.25) is 9.59 Å². The number of aromatic amines is 1. The normalized spacial score (nSPS) is 10.7. The average Bonchev–Trinajstić information content (AvgIpc) is 2.74. The number of rotatable bonds is 9.